The Bertz CT molecular complexity index is 735. The lowest BCUT2D eigenvalue weighted by Crippen LogP contribution is -2.11. The Labute approximate surface area is 126 Å². The number of hydrogen-bond acceptors (Lipinski definition) is 5. The van der Waals surface area contributed by atoms with Gasteiger partial charge in [-0.1, -0.05) is 41.4 Å². The Hall–Kier alpha value is -1.21. The van der Waals surface area contributed by atoms with Crippen molar-refractivity contribution >= 4 is 33.3 Å². The van der Waals surface area contributed by atoms with Crippen LogP contribution in [-0.2, 0) is 20.9 Å². The van der Waals surface area contributed by atoms with E-state index < -0.39 is 15.3 Å². The fourth-order valence-corrected chi connectivity index (χ4v) is 2.48. The van der Waals surface area contributed by atoms with Crippen LogP contribution >= 0.6 is 23.2 Å². The number of benzene rings is 1. The van der Waals surface area contributed by atoms with Gasteiger partial charge in [-0.2, -0.15) is 8.42 Å². The van der Waals surface area contributed by atoms with Gasteiger partial charge < -0.3 is 0 Å². The Morgan fingerprint density at radius 3 is 2.60 bits per heavy atom. The van der Waals surface area contributed by atoms with E-state index in [-0.39, 0.29) is 11.8 Å². The van der Waals surface area contributed by atoms with Crippen molar-refractivity contribution in [2.45, 2.75) is 18.7 Å². The molecule has 1 heterocycles. The zero-order chi connectivity index (χ0) is 14.8. The van der Waals surface area contributed by atoms with E-state index in [4.69, 9.17) is 27.4 Å². The van der Waals surface area contributed by atoms with Crippen LogP contribution in [0.2, 0.25) is 10.2 Å². The van der Waals surface area contributed by atoms with Crippen LogP contribution in [-0.4, -0.2) is 18.4 Å². The maximum Gasteiger partial charge on any atom is 0.333 e. The lowest BCUT2D eigenvalue weighted by atomic mass is 10.2. The van der Waals surface area contributed by atoms with Crippen LogP contribution in [0.15, 0.2) is 35.6 Å². The van der Waals surface area contributed by atoms with Crippen LogP contribution in [0.25, 0.3) is 0 Å². The van der Waals surface area contributed by atoms with E-state index in [9.17, 15) is 8.42 Å². The molecule has 0 amide bonds. The van der Waals surface area contributed by atoms with Gasteiger partial charge in [0.05, 0.1) is 6.61 Å². The van der Waals surface area contributed by atoms with Crippen LogP contribution in [0.1, 0.15) is 11.1 Å². The van der Waals surface area contributed by atoms with Crippen LogP contribution in [0, 0.1) is 6.92 Å². The fourth-order valence-electron chi connectivity index (χ4n) is 1.34. The molecule has 0 spiro atoms. The van der Waals surface area contributed by atoms with Crippen LogP contribution in [0.3, 0.4) is 0 Å². The van der Waals surface area contributed by atoms with Crippen molar-refractivity contribution in [2.75, 3.05) is 0 Å². The largest absolute Gasteiger partial charge is 0.333 e. The zero-order valence-electron chi connectivity index (χ0n) is 10.4. The molecule has 0 aliphatic carbocycles. The molecule has 0 atom stereocenters. The fraction of sp³-hybridized carbons (Fsp3) is 0.167. The van der Waals surface area contributed by atoms with Crippen molar-refractivity contribution in [1.82, 2.24) is 9.97 Å². The summed E-state index contributed by atoms with van der Waals surface area (Å²) in [7, 11) is -4.08. The molecule has 1 aromatic heterocycles. The number of hydrogen-bond donors (Lipinski definition) is 0. The topological polar surface area (TPSA) is 69.2 Å². The standard InChI is InChI=1S/C12H10Cl2N2O3S/c1-8-6-15-12(16-11(8)14)20(17,18)19-7-9-4-2-3-5-10(9)13/h2-6H,7H2,1H3. The van der Waals surface area contributed by atoms with E-state index in [0.717, 1.165) is 0 Å². The number of aromatic nitrogens is 2. The first-order valence-corrected chi connectivity index (χ1v) is 7.68. The summed E-state index contributed by atoms with van der Waals surface area (Å²) in [5.41, 5.74) is 1.13. The molecule has 5 nitrogen and oxygen atoms in total. The van der Waals surface area contributed by atoms with Crippen molar-refractivity contribution in [2.24, 2.45) is 0 Å². The summed E-state index contributed by atoms with van der Waals surface area (Å²) in [5, 5.41) is 0.0191. The van der Waals surface area contributed by atoms with Crippen LogP contribution in [0.5, 0.6) is 0 Å². The van der Waals surface area contributed by atoms with Gasteiger partial charge in [0, 0.05) is 16.8 Å². The van der Waals surface area contributed by atoms with Gasteiger partial charge in [0.2, 0.25) is 0 Å². The van der Waals surface area contributed by atoms with Crippen molar-refractivity contribution in [3.63, 3.8) is 0 Å². The molecule has 0 fully saturated rings. The second-order valence-electron chi connectivity index (χ2n) is 3.93. The minimum atomic E-state index is -4.08. The third-order valence-electron chi connectivity index (χ3n) is 2.44. The first-order chi connectivity index (χ1) is 9.40. The Morgan fingerprint density at radius 2 is 1.95 bits per heavy atom. The van der Waals surface area contributed by atoms with Gasteiger partial charge in [0.1, 0.15) is 5.15 Å². The third-order valence-corrected chi connectivity index (χ3v) is 4.26. The predicted molar refractivity (Wildman–Crippen MR) is 75.2 cm³/mol. The smallest absolute Gasteiger partial charge is 0.259 e. The molecule has 0 N–H and O–H groups in total. The Balaban J connectivity index is 2.19. The van der Waals surface area contributed by atoms with Crippen molar-refractivity contribution in [3.8, 4) is 0 Å². The monoisotopic (exact) mass is 332 g/mol. The molecular formula is C12H10Cl2N2O3S. The first-order valence-electron chi connectivity index (χ1n) is 5.52. The molecule has 2 rings (SSSR count). The summed E-state index contributed by atoms with van der Waals surface area (Å²) in [5.74, 6) is 0. The predicted octanol–water partition coefficient (Wildman–Crippen LogP) is 3.00. The van der Waals surface area contributed by atoms with Crippen molar-refractivity contribution < 1.29 is 12.6 Å². The minimum absolute atomic E-state index is 0.0694. The third kappa shape index (κ3) is 3.46. The van der Waals surface area contributed by atoms with E-state index in [1.807, 2.05) is 0 Å². The Morgan fingerprint density at radius 1 is 1.25 bits per heavy atom. The van der Waals surface area contributed by atoms with E-state index >= 15 is 0 Å². The Kier molecular flexibility index (Phi) is 4.59. The molecule has 0 aliphatic rings. The maximum absolute atomic E-state index is 11.9. The van der Waals surface area contributed by atoms with Gasteiger partial charge in [-0.3, -0.25) is 4.18 Å². The minimum Gasteiger partial charge on any atom is -0.259 e. The highest BCUT2D eigenvalue weighted by Gasteiger charge is 2.20. The summed E-state index contributed by atoms with van der Waals surface area (Å²) in [4.78, 5) is 7.39. The van der Waals surface area contributed by atoms with E-state index in [1.165, 1.54) is 6.20 Å². The average Bonchev–Trinajstić information content (AvgIpc) is 2.41. The van der Waals surface area contributed by atoms with Crippen LogP contribution < -0.4 is 0 Å². The summed E-state index contributed by atoms with van der Waals surface area (Å²) in [6, 6.07) is 6.78. The van der Waals surface area contributed by atoms with Gasteiger partial charge in [-0.05, 0) is 18.6 Å². The molecule has 0 saturated carbocycles. The second kappa shape index (κ2) is 6.05. The molecule has 2 aromatic rings. The number of nitrogens with zero attached hydrogens (tertiary/aromatic N) is 2. The molecule has 106 valence electrons. The molecule has 0 aliphatic heterocycles. The van der Waals surface area contributed by atoms with E-state index in [1.54, 1.807) is 31.2 Å². The highest BCUT2D eigenvalue weighted by atomic mass is 35.5. The van der Waals surface area contributed by atoms with Gasteiger partial charge in [-0.25, -0.2) is 9.97 Å². The molecule has 8 heteroatoms. The van der Waals surface area contributed by atoms with Crippen LogP contribution in [0.4, 0.5) is 0 Å². The average molecular weight is 333 g/mol. The van der Waals surface area contributed by atoms with E-state index in [2.05, 4.69) is 9.97 Å². The summed E-state index contributed by atoms with van der Waals surface area (Å²) in [6.07, 6.45) is 1.32. The van der Waals surface area contributed by atoms with Gasteiger partial charge in [0.25, 0.3) is 5.16 Å². The first kappa shape index (κ1) is 15.2. The lowest BCUT2D eigenvalue weighted by Gasteiger charge is -2.06. The summed E-state index contributed by atoms with van der Waals surface area (Å²) >= 11 is 11.7. The number of rotatable bonds is 4. The highest BCUT2D eigenvalue weighted by Crippen LogP contribution is 2.19. The quantitative estimate of drug-likeness (QED) is 0.489. The SMILES string of the molecule is Cc1cnc(S(=O)(=O)OCc2ccccc2Cl)nc1Cl. The second-order valence-corrected chi connectivity index (χ2v) is 6.21. The van der Waals surface area contributed by atoms with Crippen molar-refractivity contribution in [1.29, 1.82) is 0 Å². The van der Waals surface area contributed by atoms with Gasteiger partial charge >= 0.3 is 10.1 Å². The lowest BCUT2D eigenvalue weighted by molar-refractivity contribution is 0.304. The highest BCUT2D eigenvalue weighted by molar-refractivity contribution is 7.86. The summed E-state index contributed by atoms with van der Waals surface area (Å²) in [6.45, 7) is 1.47. The number of halogens is 2. The maximum atomic E-state index is 11.9. The molecular weight excluding hydrogens is 323 g/mol. The molecule has 20 heavy (non-hydrogen) atoms. The molecule has 0 saturated heterocycles. The zero-order valence-corrected chi connectivity index (χ0v) is 12.7. The molecule has 0 bridgehead atoms. The molecule has 0 unspecified atom stereocenters. The van der Waals surface area contributed by atoms with Gasteiger partial charge in [-0.15, -0.1) is 0 Å². The molecule has 1 aromatic carbocycles. The van der Waals surface area contributed by atoms with Gasteiger partial charge in [0.15, 0.2) is 0 Å². The normalized spacial score (nSPS) is 11.6. The van der Waals surface area contributed by atoms with E-state index in [0.29, 0.717) is 16.1 Å². The molecule has 0 radical (unpaired) electrons. The number of aryl methyl sites for hydroxylation is 1. The summed E-state index contributed by atoms with van der Waals surface area (Å²) < 4.78 is 28.7. The van der Waals surface area contributed by atoms with Crippen molar-refractivity contribution in [3.05, 3.63) is 51.8 Å².